The molecule has 0 unspecified atom stereocenters. The number of rotatable bonds is 4. The van der Waals surface area contributed by atoms with Gasteiger partial charge in [0, 0.05) is 15.5 Å². The van der Waals surface area contributed by atoms with Crippen molar-refractivity contribution < 1.29 is 8.42 Å². The predicted molar refractivity (Wildman–Crippen MR) is 91.7 cm³/mol. The summed E-state index contributed by atoms with van der Waals surface area (Å²) in [4.78, 5) is 0.166. The van der Waals surface area contributed by atoms with Gasteiger partial charge in [0.05, 0.1) is 5.69 Å². The Morgan fingerprint density at radius 1 is 1.10 bits per heavy atom. The number of hydrogen-bond donors (Lipinski definition) is 2. The summed E-state index contributed by atoms with van der Waals surface area (Å²) in [5, 5.41) is 0. The van der Waals surface area contributed by atoms with Crippen molar-refractivity contribution in [3.8, 4) is 0 Å². The number of hydrogen-bond acceptors (Lipinski definition) is 3. The highest BCUT2D eigenvalue weighted by atomic mass is 79.9. The second-order valence-electron chi connectivity index (χ2n) is 4.56. The highest BCUT2D eigenvalue weighted by Crippen LogP contribution is 2.29. The molecule has 0 radical (unpaired) electrons. The number of nitrogens with one attached hydrogen (secondary N) is 1. The first kappa shape index (κ1) is 16.5. The zero-order valence-electron chi connectivity index (χ0n) is 11.2. The lowest BCUT2D eigenvalue weighted by molar-refractivity contribution is 0.600. The van der Waals surface area contributed by atoms with Gasteiger partial charge in [0.2, 0.25) is 0 Å². The minimum Gasteiger partial charge on any atom is -0.326 e. The molecule has 21 heavy (non-hydrogen) atoms. The van der Waals surface area contributed by atoms with Gasteiger partial charge in [-0.1, -0.05) is 12.1 Å². The van der Waals surface area contributed by atoms with E-state index in [0.29, 0.717) is 14.6 Å². The van der Waals surface area contributed by atoms with E-state index in [1.165, 1.54) is 0 Å². The van der Waals surface area contributed by atoms with E-state index >= 15 is 0 Å². The van der Waals surface area contributed by atoms with E-state index in [1.54, 1.807) is 30.3 Å². The Kier molecular flexibility index (Phi) is 5.08. The van der Waals surface area contributed by atoms with E-state index in [9.17, 15) is 8.42 Å². The van der Waals surface area contributed by atoms with Crippen LogP contribution >= 0.6 is 31.9 Å². The zero-order valence-corrected chi connectivity index (χ0v) is 15.2. The van der Waals surface area contributed by atoms with Crippen molar-refractivity contribution in [2.24, 2.45) is 5.73 Å². The summed E-state index contributed by atoms with van der Waals surface area (Å²) in [6, 6.07) is 10.5. The molecule has 0 atom stereocenters. The largest absolute Gasteiger partial charge is 0.326 e. The Morgan fingerprint density at radius 2 is 1.76 bits per heavy atom. The molecular weight excluding hydrogens is 420 g/mol. The molecule has 0 aromatic heterocycles. The van der Waals surface area contributed by atoms with Gasteiger partial charge in [-0.05, 0) is 74.2 Å². The number of aryl methyl sites for hydroxylation is 1. The van der Waals surface area contributed by atoms with Crippen LogP contribution in [-0.2, 0) is 16.6 Å². The third-order valence-corrected chi connectivity index (χ3v) is 5.94. The molecule has 0 saturated carbocycles. The standard InChI is InChI=1S/C14H14Br2N2O2S/c1-9-2-4-11(15)13(6-9)18-21(19,20)14-7-10(8-17)3-5-12(14)16/h2-7,18H,8,17H2,1H3. The molecule has 0 aliphatic heterocycles. The second kappa shape index (κ2) is 6.48. The van der Waals surface area contributed by atoms with Crippen LogP contribution in [0.3, 0.4) is 0 Å². The molecule has 7 heteroatoms. The normalized spacial score (nSPS) is 11.4. The minimum absolute atomic E-state index is 0.166. The van der Waals surface area contributed by atoms with Crippen molar-refractivity contribution in [3.63, 3.8) is 0 Å². The fourth-order valence-corrected chi connectivity index (χ4v) is 4.36. The lowest BCUT2D eigenvalue weighted by atomic mass is 10.2. The van der Waals surface area contributed by atoms with Crippen LogP contribution < -0.4 is 10.5 Å². The first-order valence-electron chi connectivity index (χ1n) is 6.11. The number of nitrogens with two attached hydrogens (primary N) is 1. The predicted octanol–water partition coefficient (Wildman–Crippen LogP) is 3.78. The average molecular weight is 434 g/mol. The van der Waals surface area contributed by atoms with Gasteiger partial charge in [-0.3, -0.25) is 4.72 Å². The molecule has 0 bridgehead atoms. The molecule has 2 aromatic rings. The quantitative estimate of drug-likeness (QED) is 0.770. The molecule has 0 fully saturated rings. The van der Waals surface area contributed by atoms with Gasteiger partial charge in [-0.15, -0.1) is 0 Å². The highest BCUT2D eigenvalue weighted by molar-refractivity contribution is 9.11. The van der Waals surface area contributed by atoms with Crippen LogP contribution in [0.1, 0.15) is 11.1 Å². The Labute approximate surface area is 141 Å². The van der Waals surface area contributed by atoms with Gasteiger partial charge in [0.15, 0.2) is 0 Å². The van der Waals surface area contributed by atoms with Crippen LogP contribution in [0.25, 0.3) is 0 Å². The zero-order chi connectivity index (χ0) is 15.6. The summed E-state index contributed by atoms with van der Waals surface area (Å²) < 4.78 is 28.9. The highest BCUT2D eigenvalue weighted by Gasteiger charge is 2.19. The molecule has 2 rings (SSSR count). The molecule has 4 nitrogen and oxygen atoms in total. The molecule has 2 aromatic carbocycles. The molecule has 0 saturated heterocycles. The Hall–Kier alpha value is -0.890. The summed E-state index contributed by atoms with van der Waals surface area (Å²) in [6.45, 7) is 2.18. The van der Waals surface area contributed by atoms with Gasteiger partial charge in [-0.2, -0.15) is 0 Å². The molecule has 0 heterocycles. The SMILES string of the molecule is Cc1ccc(Br)c(NS(=O)(=O)c2cc(CN)ccc2Br)c1. The monoisotopic (exact) mass is 432 g/mol. The van der Waals surface area contributed by atoms with Gasteiger partial charge >= 0.3 is 0 Å². The van der Waals surface area contributed by atoms with E-state index in [4.69, 9.17) is 5.73 Å². The van der Waals surface area contributed by atoms with Crippen molar-refractivity contribution in [1.29, 1.82) is 0 Å². The number of sulfonamides is 1. The van der Waals surface area contributed by atoms with Crippen LogP contribution in [-0.4, -0.2) is 8.42 Å². The van der Waals surface area contributed by atoms with Gasteiger partial charge in [-0.25, -0.2) is 8.42 Å². The van der Waals surface area contributed by atoms with Gasteiger partial charge in [0.1, 0.15) is 4.90 Å². The van der Waals surface area contributed by atoms with Crippen molar-refractivity contribution in [3.05, 3.63) is 56.5 Å². The van der Waals surface area contributed by atoms with Crippen molar-refractivity contribution in [1.82, 2.24) is 0 Å². The summed E-state index contributed by atoms with van der Waals surface area (Å²) in [5.74, 6) is 0. The third-order valence-electron chi connectivity index (χ3n) is 2.89. The maximum Gasteiger partial charge on any atom is 0.263 e. The lowest BCUT2D eigenvalue weighted by Gasteiger charge is -2.12. The third kappa shape index (κ3) is 3.85. The van der Waals surface area contributed by atoms with E-state index < -0.39 is 10.0 Å². The number of anilines is 1. The lowest BCUT2D eigenvalue weighted by Crippen LogP contribution is -2.14. The number of halogens is 2. The van der Waals surface area contributed by atoms with Crippen LogP contribution in [0.15, 0.2) is 50.2 Å². The van der Waals surface area contributed by atoms with Crippen LogP contribution in [0.4, 0.5) is 5.69 Å². The van der Waals surface area contributed by atoms with E-state index in [1.807, 2.05) is 13.0 Å². The first-order valence-corrected chi connectivity index (χ1v) is 9.18. The van der Waals surface area contributed by atoms with Gasteiger partial charge in [0.25, 0.3) is 10.0 Å². The van der Waals surface area contributed by atoms with E-state index in [-0.39, 0.29) is 11.4 Å². The maximum atomic E-state index is 12.6. The van der Waals surface area contributed by atoms with Crippen LogP contribution in [0.5, 0.6) is 0 Å². The van der Waals surface area contributed by atoms with E-state index in [0.717, 1.165) is 11.1 Å². The topological polar surface area (TPSA) is 72.2 Å². The van der Waals surface area contributed by atoms with Crippen molar-refractivity contribution >= 4 is 47.6 Å². The maximum absolute atomic E-state index is 12.6. The summed E-state index contributed by atoms with van der Waals surface area (Å²) in [6.07, 6.45) is 0. The van der Waals surface area contributed by atoms with Gasteiger partial charge < -0.3 is 5.73 Å². The molecule has 112 valence electrons. The second-order valence-corrected chi connectivity index (χ2v) is 7.92. The van der Waals surface area contributed by atoms with Crippen LogP contribution in [0, 0.1) is 6.92 Å². The van der Waals surface area contributed by atoms with Crippen molar-refractivity contribution in [2.45, 2.75) is 18.4 Å². The van der Waals surface area contributed by atoms with Crippen LogP contribution in [0.2, 0.25) is 0 Å². The molecule has 0 spiro atoms. The van der Waals surface area contributed by atoms with E-state index in [2.05, 4.69) is 36.6 Å². The fraction of sp³-hybridized carbons (Fsp3) is 0.143. The first-order chi connectivity index (χ1) is 9.83. The molecule has 3 N–H and O–H groups in total. The fourth-order valence-electron chi connectivity index (χ4n) is 1.80. The Morgan fingerprint density at radius 3 is 2.43 bits per heavy atom. The Balaban J connectivity index is 2.45. The summed E-state index contributed by atoms with van der Waals surface area (Å²) in [5.41, 5.74) is 7.79. The number of benzene rings is 2. The smallest absolute Gasteiger partial charge is 0.263 e. The molecule has 0 aliphatic rings. The minimum atomic E-state index is -3.70. The van der Waals surface area contributed by atoms with Crippen molar-refractivity contribution in [2.75, 3.05) is 4.72 Å². The molecular formula is C14H14Br2N2O2S. The molecule has 0 amide bonds. The summed E-state index contributed by atoms with van der Waals surface area (Å²) >= 11 is 6.61. The molecule has 0 aliphatic carbocycles. The average Bonchev–Trinajstić information content (AvgIpc) is 2.43. The Bertz CT molecular complexity index is 777. The summed E-state index contributed by atoms with van der Waals surface area (Å²) in [7, 11) is -3.70.